The minimum atomic E-state index is -1.05. The normalized spacial score (nSPS) is 18.1. The molecule has 0 bridgehead atoms. The van der Waals surface area contributed by atoms with Crippen LogP contribution in [0.2, 0.25) is 0 Å². The van der Waals surface area contributed by atoms with Gasteiger partial charge in [-0.05, 0) is 104 Å². The van der Waals surface area contributed by atoms with Gasteiger partial charge in [-0.2, -0.15) is 5.10 Å². The number of imide groups is 2. The van der Waals surface area contributed by atoms with Crippen molar-refractivity contribution in [3.8, 4) is 0 Å². The average molecular weight is 873 g/mol. The molecule has 4 aliphatic heterocycles. The number of aromatic nitrogens is 2. The average Bonchev–Trinajstić information content (AvgIpc) is 3.79. The predicted octanol–water partition coefficient (Wildman–Crippen LogP) is 5.35. The maximum Gasteiger partial charge on any atom is 0.262 e. The summed E-state index contributed by atoms with van der Waals surface area (Å²) in [4.78, 5) is 83.4. The maximum atomic E-state index is 14.0. The number of rotatable bonds is 12. The summed E-state index contributed by atoms with van der Waals surface area (Å²) in [5.74, 6) is -3.59. The maximum absolute atomic E-state index is 14.0. The van der Waals surface area contributed by atoms with Crippen LogP contribution in [0.5, 0.6) is 0 Å². The van der Waals surface area contributed by atoms with Crippen LogP contribution in [0.3, 0.4) is 0 Å². The predicted molar refractivity (Wildman–Crippen MR) is 232 cm³/mol. The van der Waals surface area contributed by atoms with Crippen LogP contribution in [-0.4, -0.2) is 107 Å². The molecule has 0 saturated carbocycles. The Morgan fingerprint density at radius 3 is 2.39 bits per heavy atom. The molecule has 1 aromatic heterocycles. The number of piperidine rings is 1. The number of benzene rings is 4. The fourth-order valence-corrected chi connectivity index (χ4v) is 9.09. The Morgan fingerprint density at radius 2 is 1.62 bits per heavy atom. The zero-order valence-corrected chi connectivity index (χ0v) is 34.9. The largest absolute Gasteiger partial charge is 0.381 e. The lowest BCUT2D eigenvalue weighted by Crippen LogP contribution is -2.54. The van der Waals surface area contributed by atoms with Crippen LogP contribution in [0.15, 0.2) is 72.8 Å². The van der Waals surface area contributed by atoms with Crippen molar-refractivity contribution in [1.29, 1.82) is 0 Å². The molecule has 330 valence electrons. The van der Waals surface area contributed by atoms with Gasteiger partial charge in [0.05, 0.1) is 22.2 Å². The van der Waals surface area contributed by atoms with Crippen LogP contribution in [0.4, 0.5) is 26.0 Å². The summed E-state index contributed by atoms with van der Waals surface area (Å²) in [6, 6.07) is 18.6. The lowest BCUT2D eigenvalue weighted by Gasteiger charge is -2.36. The van der Waals surface area contributed by atoms with Gasteiger partial charge >= 0.3 is 0 Å². The van der Waals surface area contributed by atoms with E-state index in [1.807, 2.05) is 35.2 Å². The van der Waals surface area contributed by atoms with E-state index in [0.717, 1.165) is 35.1 Å². The number of anilines is 3. The van der Waals surface area contributed by atoms with Gasteiger partial charge in [0, 0.05) is 81.1 Å². The first-order valence-corrected chi connectivity index (χ1v) is 21.6. The first-order chi connectivity index (χ1) is 31.0. The van der Waals surface area contributed by atoms with Crippen molar-refractivity contribution in [2.24, 2.45) is 0 Å². The molecule has 4 aliphatic rings. The highest BCUT2D eigenvalue weighted by Gasteiger charge is 2.45. The summed E-state index contributed by atoms with van der Waals surface area (Å²) >= 11 is 0. The van der Waals surface area contributed by atoms with Crippen LogP contribution in [-0.2, 0) is 32.0 Å². The Balaban J connectivity index is 0.833. The van der Waals surface area contributed by atoms with Crippen molar-refractivity contribution in [1.82, 2.24) is 25.3 Å². The fourth-order valence-electron chi connectivity index (χ4n) is 9.09. The molecule has 17 heteroatoms. The molecule has 6 amide bonds. The Bertz CT molecular complexity index is 2670. The van der Waals surface area contributed by atoms with Crippen molar-refractivity contribution in [2.45, 2.75) is 63.5 Å². The highest BCUT2D eigenvalue weighted by molar-refractivity contribution is 6.24. The zero-order valence-electron chi connectivity index (χ0n) is 34.9. The molecule has 0 aliphatic carbocycles. The van der Waals surface area contributed by atoms with Gasteiger partial charge in [-0.15, -0.1) is 0 Å². The number of carbonyl (C=O) groups is 6. The van der Waals surface area contributed by atoms with Gasteiger partial charge in [0.25, 0.3) is 17.7 Å². The number of halogens is 2. The van der Waals surface area contributed by atoms with Crippen molar-refractivity contribution in [3.63, 3.8) is 0 Å². The number of ether oxygens (including phenoxy) is 1. The number of piperazine rings is 1. The van der Waals surface area contributed by atoms with E-state index in [1.54, 1.807) is 24.3 Å². The molecule has 4 aromatic carbocycles. The second kappa shape index (κ2) is 18.0. The third kappa shape index (κ3) is 8.80. The molecule has 4 N–H and O–H groups in total. The standard InChI is InChI=1S/C47H46F2N8O7/c48-30-22-28(23-31(49)25-30)21-27-7-10-37-36(24-27)43(54-53-37)52-44(60)34-9-8-33(26-38(34)50-32-13-19-64-20-14-32)55-15-17-56(18-16-55)41(59)6-2-4-29-3-1-5-35-42(29)47(63)57(46(35)62)39-11-12-40(58)51-45(39)61/h1,3,5,7-10,22-26,32,39,50H,2,4,6,11-21H2,(H,51,58,61)(H2,52,53,54,60). The second-order valence-electron chi connectivity index (χ2n) is 16.6. The lowest BCUT2D eigenvalue weighted by molar-refractivity contribution is -0.136. The summed E-state index contributed by atoms with van der Waals surface area (Å²) in [6.07, 6.45) is 3.02. The number of H-pyrrole nitrogens is 1. The Hall–Kier alpha value is -7.01. The van der Waals surface area contributed by atoms with Gasteiger partial charge in [0.15, 0.2) is 5.82 Å². The number of hydrogen-bond donors (Lipinski definition) is 4. The number of hydrogen-bond acceptors (Lipinski definition) is 10. The van der Waals surface area contributed by atoms with Crippen molar-refractivity contribution in [3.05, 3.63) is 118 Å². The number of amides is 6. The molecule has 3 fully saturated rings. The van der Waals surface area contributed by atoms with Gasteiger partial charge < -0.3 is 25.2 Å². The van der Waals surface area contributed by atoms with E-state index in [9.17, 15) is 37.5 Å². The van der Waals surface area contributed by atoms with E-state index < -0.39 is 41.3 Å². The third-order valence-electron chi connectivity index (χ3n) is 12.4. The summed E-state index contributed by atoms with van der Waals surface area (Å²) in [6.45, 7) is 3.32. The van der Waals surface area contributed by atoms with E-state index in [2.05, 4.69) is 31.0 Å². The summed E-state index contributed by atoms with van der Waals surface area (Å²) in [7, 11) is 0. The van der Waals surface area contributed by atoms with E-state index in [-0.39, 0.29) is 54.7 Å². The number of carbonyl (C=O) groups excluding carboxylic acids is 6. The van der Waals surface area contributed by atoms with Crippen molar-refractivity contribution >= 4 is 63.5 Å². The van der Waals surface area contributed by atoms with Gasteiger partial charge in [-0.25, -0.2) is 8.78 Å². The highest BCUT2D eigenvalue weighted by atomic mass is 19.1. The monoisotopic (exact) mass is 872 g/mol. The first kappa shape index (κ1) is 42.3. The molecule has 0 radical (unpaired) electrons. The van der Waals surface area contributed by atoms with Gasteiger partial charge in [-0.1, -0.05) is 18.2 Å². The molecule has 5 heterocycles. The number of aryl methyl sites for hydroxylation is 1. The third-order valence-corrected chi connectivity index (χ3v) is 12.4. The molecular formula is C47H46F2N8O7. The van der Waals surface area contributed by atoms with E-state index in [0.29, 0.717) is 91.3 Å². The van der Waals surface area contributed by atoms with Crippen LogP contribution < -0.4 is 20.9 Å². The van der Waals surface area contributed by atoms with Crippen molar-refractivity contribution in [2.75, 3.05) is 54.9 Å². The van der Waals surface area contributed by atoms with Gasteiger partial charge in [0.2, 0.25) is 17.7 Å². The fraction of sp³-hybridized carbons (Fsp3) is 0.340. The molecule has 64 heavy (non-hydrogen) atoms. The smallest absolute Gasteiger partial charge is 0.262 e. The number of fused-ring (bicyclic) bond motifs is 2. The zero-order chi connectivity index (χ0) is 44.5. The minimum Gasteiger partial charge on any atom is -0.381 e. The molecule has 15 nitrogen and oxygen atoms in total. The summed E-state index contributed by atoms with van der Waals surface area (Å²) < 4.78 is 33.4. The number of aromatic amines is 1. The van der Waals surface area contributed by atoms with Gasteiger partial charge in [0.1, 0.15) is 17.7 Å². The van der Waals surface area contributed by atoms with E-state index >= 15 is 0 Å². The second-order valence-corrected chi connectivity index (χ2v) is 16.6. The Labute approximate surface area is 366 Å². The first-order valence-electron chi connectivity index (χ1n) is 21.6. The quantitative estimate of drug-likeness (QED) is 0.119. The van der Waals surface area contributed by atoms with Crippen LogP contribution in [0.1, 0.15) is 86.3 Å². The summed E-state index contributed by atoms with van der Waals surface area (Å²) in [5.41, 5.74) is 5.02. The summed E-state index contributed by atoms with van der Waals surface area (Å²) in [5, 5.41) is 16.7. The lowest BCUT2D eigenvalue weighted by atomic mass is 9.98. The molecular weight excluding hydrogens is 827 g/mol. The molecule has 3 saturated heterocycles. The van der Waals surface area contributed by atoms with Gasteiger partial charge in [-0.3, -0.25) is 44.1 Å². The molecule has 1 unspecified atom stereocenters. The SMILES string of the molecule is O=C1CCC(N2C(=O)c3cccc(CCCC(=O)N4CCN(c5ccc(C(=O)Nc6n[nH]c7ccc(Cc8cc(F)cc(F)c8)cc67)c(NC6CCOCC6)c5)CC4)c3C2=O)C(=O)N1. The van der Waals surface area contributed by atoms with Crippen LogP contribution in [0.25, 0.3) is 10.9 Å². The molecule has 9 rings (SSSR count). The topological polar surface area (TPSA) is 186 Å². The Morgan fingerprint density at radius 1 is 0.844 bits per heavy atom. The minimum absolute atomic E-state index is 0.0189. The van der Waals surface area contributed by atoms with Crippen LogP contribution >= 0.6 is 0 Å². The molecule has 5 aromatic rings. The highest BCUT2D eigenvalue weighted by Crippen LogP contribution is 2.32. The van der Waals surface area contributed by atoms with E-state index in [1.165, 1.54) is 12.1 Å². The van der Waals surface area contributed by atoms with Crippen molar-refractivity contribution < 1.29 is 42.3 Å². The van der Waals surface area contributed by atoms with Crippen LogP contribution in [0, 0.1) is 11.6 Å². The van der Waals surface area contributed by atoms with E-state index in [4.69, 9.17) is 4.74 Å². The Kier molecular flexibility index (Phi) is 11.9. The number of nitrogens with zero attached hydrogens (tertiary/aromatic N) is 4. The molecule has 1 atom stereocenters. The number of nitrogens with one attached hydrogen (secondary N) is 4. The molecule has 0 spiro atoms.